The minimum atomic E-state index is 0.0180. The van der Waals surface area contributed by atoms with Crippen LogP contribution in [0.5, 0.6) is 0 Å². The van der Waals surface area contributed by atoms with E-state index in [1.165, 1.54) is 38.6 Å². The van der Waals surface area contributed by atoms with Crippen molar-refractivity contribution in [1.29, 1.82) is 0 Å². The maximum absolute atomic E-state index is 12.6. The number of hydrogen-bond donors (Lipinski definition) is 0. The van der Waals surface area contributed by atoms with E-state index in [-0.39, 0.29) is 12.0 Å². The second kappa shape index (κ2) is 6.53. The van der Waals surface area contributed by atoms with Crippen LogP contribution in [0.25, 0.3) is 0 Å². The SMILES string of the molecule is O=C(c1cncnc1)N1C[C@@H]2OCCN(CC3CCCC3)[C@H]2C1. The van der Waals surface area contributed by atoms with E-state index in [2.05, 4.69) is 14.9 Å². The van der Waals surface area contributed by atoms with Crippen molar-refractivity contribution in [3.63, 3.8) is 0 Å². The van der Waals surface area contributed by atoms with Gasteiger partial charge in [0.25, 0.3) is 5.91 Å². The number of amides is 1. The number of rotatable bonds is 3. The smallest absolute Gasteiger partial charge is 0.257 e. The summed E-state index contributed by atoms with van der Waals surface area (Å²) in [7, 11) is 0. The molecular formula is C17H24N4O2. The van der Waals surface area contributed by atoms with Gasteiger partial charge in [-0.2, -0.15) is 0 Å². The molecule has 0 bridgehead atoms. The van der Waals surface area contributed by atoms with E-state index >= 15 is 0 Å². The van der Waals surface area contributed by atoms with Crippen molar-refractivity contribution in [3.05, 3.63) is 24.3 Å². The Balaban J connectivity index is 1.43. The Bertz CT molecular complexity index is 547. The number of ether oxygens (including phenoxy) is 1. The van der Waals surface area contributed by atoms with E-state index in [1.54, 1.807) is 12.4 Å². The average Bonchev–Trinajstić information content (AvgIpc) is 3.25. The monoisotopic (exact) mass is 316 g/mol. The molecular weight excluding hydrogens is 292 g/mol. The van der Waals surface area contributed by atoms with Crippen molar-refractivity contribution < 1.29 is 9.53 Å². The fraction of sp³-hybridized carbons (Fsp3) is 0.706. The molecule has 0 unspecified atom stereocenters. The van der Waals surface area contributed by atoms with Gasteiger partial charge in [0, 0.05) is 38.6 Å². The van der Waals surface area contributed by atoms with Gasteiger partial charge >= 0.3 is 0 Å². The van der Waals surface area contributed by atoms with Crippen LogP contribution < -0.4 is 0 Å². The maximum atomic E-state index is 12.6. The van der Waals surface area contributed by atoms with Crippen molar-refractivity contribution >= 4 is 5.91 Å². The predicted molar refractivity (Wildman–Crippen MR) is 85.0 cm³/mol. The minimum Gasteiger partial charge on any atom is -0.373 e. The summed E-state index contributed by atoms with van der Waals surface area (Å²) < 4.78 is 5.95. The fourth-order valence-electron chi connectivity index (χ4n) is 4.27. The van der Waals surface area contributed by atoms with Crippen LogP contribution in [-0.4, -0.2) is 70.6 Å². The molecule has 6 heteroatoms. The lowest BCUT2D eigenvalue weighted by molar-refractivity contribution is -0.0516. The summed E-state index contributed by atoms with van der Waals surface area (Å²) in [5.41, 5.74) is 0.563. The molecule has 2 atom stereocenters. The van der Waals surface area contributed by atoms with Gasteiger partial charge in [0.2, 0.25) is 0 Å². The van der Waals surface area contributed by atoms with Crippen LogP contribution in [0.2, 0.25) is 0 Å². The molecule has 2 saturated heterocycles. The molecule has 1 aliphatic carbocycles. The zero-order chi connectivity index (χ0) is 15.6. The third-order valence-corrected chi connectivity index (χ3v) is 5.48. The Morgan fingerprint density at radius 2 is 2.00 bits per heavy atom. The minimum absolute atomic E-state index is 0.0180. The van der Waals surface area contributed by atoms with Gasteiger partial charge in [-0.3, -0.25) is 9.69 Å². The van der Waals surface area contributed by atoms with E-state index in [0.717, 1.165) is 25.6 Å². The molecule has 124 valence electrons. The highest BCUT2D eigenvalue weighted by molar-refractivity contribution is 5.93. The lowest BCUT2D eigenvalue weighted by Crippen LogP contribution is -2.52. The van der Waals surface area contributed by atoms with Gasteiger partial charge in [0.1, 0.15) is 6.33 Å². The van der Waals surface area contributed by atoms with Gasteiger partial charge in [0.05, 0.1) is 24.3 Å². The Hall–Kier alpha value is -1.53. The second-order valence-corrected chi connectivity index (χ2v) is 6.96. The third kappa shape index (κ3) is 3.10. The molecule has 1 amide bonds. The quantitative estimate of drug-likeness (QED) is 0.838. The highest BCUT2D eigenvalue weighted by atomic mass is 16.5. The van der Waals surface area contributed by atoms with Crippen LogP contribution in [0.4, 0.5) is 0 Å². The Kier molecular flexibility index (Phi) is 4.27. The number of carbonyl (C=O) groups excluding carboxylic acids is 1. The highest BCUT2D eigenvalue weighted by Gasteiger charge is 2.42. The van der Waals surface area contributed by atoms with Gasteiger partial charge < -0.3 is 9.64 Å². The third-order valence-electron chi connectivity index (χ3n) is 5.48. The largest absolute Gasteiger partial charge is 0.373 e. The van der Waals surface area contributed by atoms with Gasteiger partial charge in [-0.15, -0.1) is 0 Å². The van der Waals surface area contributed by atoms with E-state index in [9.17, 15) is 4.79 Å². The van der Waals surface area contributed by atoms with Gasteiger partial charge in [-0.05, 0) is 18.8 Å². The molecule has 4 rings (SSSR count). The van der Waals surface area contributed by atoms with Crippen LogP contribution >= 0.6 is 0 Å². The van der Waals surface area contributed by atoms with Gasteiger partial charge in [0.15, 0.2) is 0 Å². The van der Waals surface area contributed by atoms with E-state index in [4.69, 9.17) is 4.74 Å². The van der Waals surface area contributed by atoms with E-state index in [0.29, 0.717) is 18.2 Å². The van der Waals surface area contributed by atoms with Gasteiger partial charge in [-0.1, -0.05) is 12.8 Å². The van der Waals surface area contributed by atoms with E-state index in [1.807, 2.05) is 4.90 Å². The molecule has 0 spiro atoms. The molecule has 3 aliphatic rings. The van der Waals surface area contributed by atoms with E-state index < -0.39 is 0 Å². The summed E-state index contributed by atoms with van der Waals surface area (Å²) in [5.74, 6) is 0.852. The van der Waals surface area contributed by atoms with Crippen LogP contribution in [0.15, 0.2) is 18.7 Å². The molecule has 2 aliphatic heterocycles. The normalized spacial score (nSPS) is 29.0. The van der Waals surface area contributed by atoms with Gasteiger partial charge in [-0.25, -0.2) is 9.97 Å². The van der Waals surface area contributed by atoms with Crippen LogP contribution in [0.1, 0.15) is 36.0 Å². The number of hydrogen-bond acceptors (Lipinski definition) is 5. The number of carbonyl (C=O) groups is 1. The number of likely N-dealkylation sites (tertiary alicyclic amines) is 1. The molecule has 1 aromatic heterocycles. The lowest BCUT2D eigenvalue weighted by atomic mass is 10.0. The molecule has 0 radical (unpaired) electrons. The van der Waals surface area contributed by atoms with Crippen molar-refractivity contribution in [3.8, 4) is 0 Å². The number of morpholine rings is 1. The fourth-order valence-corrected chi connectivity index (χ4v) is 4.27. The average molecular weight is 316 g/mol. The summed E-state index contributed by atoms with van der Waals surface area (Å²) in [6.07, 6.45) is 10.3. The standard InChI is InChI=1S/C17H24N4O2/c22-17(14-7-18-12-19-8-14)21-10-15-16(11-21)23-6-5-20(15)9-13-3-1-2-4-13/h7-8,12-13,15-16H,1-6,9-11H2/t15-,16-/m0/s1. The zero-order valence-electron chi connectivity index (χ0n) is 13.4. The molecule has 1 aromatic rings. The zero-order valence-corrected chi connectivity index (χ0v) is 13.4. The molecule has 0 N–H and O–H groups in total. The first kappa shape index (κ1) is 15.0. The molecule has 3 fully saturated rings. The summed E-state index contributed by atoms with van der Waals surface area (Å²) in [6.45, 7) is 4.38. The van der Waals surface area contributed by atoms with Crippen LogP contribution in [0, 0.1) is 5.92 Å². The highest BCUT2D eigenvalue weighted by Crippen LogP contribution is 2.30. The Labute approximate surface area is 136 Å². The van der Waals surface area contributed by atoms with Crippen LogP contribution in [-0.2, 0) is 4.74 Å². The summed E-state index contributed by atoms with van der Waals surface area (Å²) in [4.78, 5) is 25.0. The molecule has 1 saturated carbocycles. The molecule has 6 nitrogen and oxygen atoms in total. The Morgan fingerprint density at radius 1 is 1.22 bits per heavy atom. The maximum Gasteiger partial charge on any atom is 0.257 e. The first-order valence-electron chi connectivity index (χ1n) is 8.71. The molecule has 23 heavy (non-hydrogen) atoms. The molecule has 0 aromatic carbocycles. The van der Waals surface area contributed by atoms with Crippen molar-refractivity contribution in [1.82, 2.24) is 19.8 Å². The number of aromatic nitrogens is 2. The first-order valence-corrected chi connectivity index (χ1v) is 8.71. The topological polar surface area (TPSA) is 58.6 Å². The predicted octanol–water partition coefficient (Wildman–Crippen LogP) is 1.19. The number of fused-ring (bicyclic) bond motifs is 1. The second-order valence-electron chi connectivity index (χ2n) is 6.96. The van der Waals surface area contributed by atoms with Crippen LogP contribution in [0.3, 0.4) is 0 Å². The summed E-state index contributed by atoms with van der Waals surface area (Å²) in [5, 5.41) is 0. The summed E-state index contributed by atoms with van der Waals surface area (Å²) >= 11 is 0. The van der Waals surface area contributed by atoms with Crippen molar-refractivity contribution in [2.45, 2.75) is 37.8 Å². The Morgan fingerprint density at radius 3 is 2.78 bits per heavy atom. The van der Waals surface area contributed by atoms with Crippen molar-refractivity contribution in [2.75, 3.05) is 32.8 Å². The first-order chi connectivity index (χ1) is 11.3. The van der Waals surface area contributed by atoms with Crippen molar-refractivity contribution in [2.24, 2.45) is 5.92 Å². The summed E-state index contributed by atoms with van der Waals surface area (Å²) in [6, 6.07) is 0.345. The lowest BCUT2D eigenvalue weighted by Gasteiger charge is -2.38. The molecule has 3 heterocycles. The number of nitrogens with zero attached hydrogens (tertiary/aromatic N) is 4.